The highest BCUT2D eigenvalue weighted by molar-refractivity contribution is 5.24. The Kier molecular flexibility index (Phi) is 2.56. The number of nitrogens with zero attached hydrogens (tertiary/aromatic N) is 1. The first-order valence-electron chi connectivity index (χ1n) is 4.43. The standard InChI is InChI=1S/C12H10NO/c14-12(10-6-2-1-3-7-10)11-8-4-5-9-13-11/h1-2,4-9,12,14H. The molecule has 0 saturated carbocycles. The third-order valence-electron chi connectivity index (χ3n) is 2.01. The summed E-state index contributed by atoms with van der Waals surface area (Å²) in [7, 11) is 0. The molecule has 0 aliphatic carbocycles. The van der Waals surface area contributed by atoms with Gasteiger partial charge in [-0.1, -0.05) is 24.3 Å². The highest BCUT2D eigenvalue weighted by Gasteiger charge is 2.09. The molecule has 0 aliphatic rings. The molecule has 1 unspecified atom stereocenters. The Hall–Kier alpha value is -1.67. The third-order valence-corrected chi connectivity index (χ3v) is 2.01. The average Bonchev–Trinajstić information content (AvgIpc) is 2.30. The Bertz CT molecular complexity index is 346. The fraction of sp³-hybridized carbons (Fsp3) is 0.0833. The van der Waals surface area contributed by atoms with Crippen LogP contribution in [0.25, 0.3) is 0 Å². The topological polar surface area (TPSA) is 33.1 Å². The lowest BCUT2D eigenvalue weighted by molar-refractivity contribution is 0.215. The van der Waals surface area contributed by atoms with Crippen LogP contribution in [0.4, 0.5) is 0 Å². The van der Waals surface area contributed by atoms with E-state index in [4.69, 9.17) is 0 Å². The van der Waals surface area contributed by atoms with Gasteiger partial charge >= 0.3 is 0 Å². The van der Waals surface area contributed by atoms with E-state index in [0.29, 0.717) is 5.69 Å². The zero-order valence-corrected chi connectivity index (χ0v) is 7.59. The van der Waals surface area contributed by atoms with Gasteiger partial charge in [-0.3, -0.25) is 4.98 Å². The van der Waals surface area contributed by atoms with Crippen LogP contribution in [0, 0.1) is 6.07 Å². The van der Waals surface area contributed by atoms with Crippen molar-refractivity contribution in [2.75, 3.05) is 0 Å². The van der Waals surface area contributed by atoms with Gasteiger partial charge in [-0.25, -0.2) is 0 Å². The molecule has 69 valence electrons. The van der Waals surface area contributed by atoms with Crippen molar-refractivity contribution in [3.8, 4) is 0 Å². The van der Waals surface area contributed by atoms with Crippen molar-refractivity contribution in [2.24, 2.45) is 0 Å². The number of aromatic nitrogens is 1. The molecule has 0 saturated heterocycles. The lowest BCUT2D eigenvalue weighted by Gasteiger charge is -2.09. The number of aliphatic hydroxyl groups excluding tert-OH is 1. The maximum Gasteiger partial charge on any atom is 0.121 e. The van der Waals surface area contributed by atoms with Crippen molar-refractivity contribution in [3.05, 3.63) is 66.0 Å². The van der Waals surface area contributed by atoms with Crippen molar-refractivity contribution in [1.82, 2.24) is 4.98 Å². The lowest BCUT2D eigenvalue weighted by Crippen LogP contribution is -2.01. The van der Waals surface area contributed by atoms with Crippen LogP contribution < -0.4 is 0 Å². The summed E-state index contributed by atoms with van der Waals surface area (Å²) in [5, 5.41) is 9.91. The third kappa shape index (κ3) is 1.80. The number of aliphatic hydroxyl groups is 1. The molecule has 0 bridgehead atoms. The fourth-order valence-electron chi connectivity index (χ4n) is 1.29. The highest BCUT2D eigenvalue weighted by atomic mass is 16.3. The van der Waals surface area contributed by atoms with Gasteiger partial charge in [0.15, 0.2) is 0 Å². The maximum atomic E-state index is 9.91. The van der Waals surface area contributed by atoms with Crippen molar-refractivity contribution >= 4 is 0 Å². The predicted octanol–water partition coefficient (Wildman–Crippen LogP) is 1.96. The summed E-state index contributed by atoms with van der Waals surface area (Å²) >= 11 is 0. The molecule has 0 amide bonds. The SMILES string of the molecule is OC(c1c[c]ccc1)c1ccccn1. The van der Waals surface area contributed by atoms with Crippen molar-refractivity contribution in [2.45, 2.75) is 6.10 Å². The smallest absolute Gasteiger partial charge is 0.121 e. The summed E-state index contributed by atoms with van der Waals surface area (Å²) in [6.07, 6.45) is 1.01. The molecule has 2 nitrogen and oxygen atoms in total. The van der Waals surface area contributed by atoms with Crippen LogP contribution in [0.15, 0.2) is 48.7 Å². The summed E-state index contributed by atoms with van der Waals surface area (Å²) in [6.45, 7) is 0. The second-order valence-electron chi connectivity index (χ2n) is 2.99. The molecular formula is C12H10NO. The Balaban J connectivity index is 2.30. The van der Waals surface area contributed by atoms with Crippen LogP contribution in [0.2, 0.25) is 0 Å². The van der Waals surface area contributed by atoms with Crippen LogP contribution in [0.1, 0.15) is 17.4 Å². The van der Waals surface area contributed by atoms with E-state index < -0.39 is 6.10 Å². The molecule has 2 heteroatoms. The second-order valence-corrected chi connectivity index (χ2v) is 2.99. The van der Waals surface area contributed by atoms with E-state index in [9.17, 15) is 5.11 Å². The van der Waals surface area contributed by atoms with E-state index in [-0.39, 0.29) is 0 Å². The number of rotatable bonds is 2. The van der Waals surface area contributed by atoms with Gasteiger partial charge in [-0.2, -0.15) is 0 Å². The molecule has 2 rings (SSSR count). The molecule has 1 N–H and O–H groups in total. The van der Waals surface area contributed by atoms with Crippen LogP contribution >= 0.6 is 0 Å². The largest absolute Gasteiger partial charge is 0.382 e. The minimum atomic E-state index is -0.659. The first-order chi connectivity index (χ1) is 6.88. The van der Waals surface area contributed by atoms with Crippen molar-refractivity contribution < 1.29 is 5.11 Å². The monoisotopic (exact) mass is 184 g/mol. The fourth-order valence-corrected chi connectivity index (χ4v) is 1.29. The molecule has 1 aromatic heterocycles. The van der Waals surface area contributed by atoms with Gasteiger partial charge in [0.05, 0.1) is 5.69 Å². The van der Waals surface area contributed by atoms with Gasteiger partial charge < -0.3 is 5.11 Å². The second kappa shape index (κ2) is 4.03. The number of hydrogen-bond acceptors (Lipinski definition) is 2. The Labute approximate surface area is 82.9 Å². The van der Waals surface area contributed by atoms with Gasteiger partial charge in [0, 0.05) is 6.20 Å². The van der Waals surface area contributed by atoms with E-state index in [2.05, 4.69) is 11.1 Å². The molecule has 2 aromatic rings. The summed E-state index contributed by atoms with van der Waals surface area (Å²) in [4.78, 5) is 4.09. The lowest BCUT2D eigenvalue weighted by atomic mass is 10.1. The van der Waals surface area contributed by atoms with Crippen molar-refractivity contribution in [3.63, 3.8) is 0 Å². The summed E-state index contributed by atoms with van der Waals surface area (Å²) in [5.74, 6) is 0. The summed E-state index contributed by atoms with van der Waals surface area (Å²) in [5.41, 5.74) is 1.47. The Morgan fingerprint density at radius 1 is 1.21 bits per heavy atom. The minimum Gasteiger partial charge on any atom is -0.382 e. The van der Waals surface area contributed by atoms with Gasteiger partial charge in [0.2, 0.25) is 0 Å². The molecule has 1 heterocycles. The maximum absolute atomic E-state index is 9.91. The van der Waals surface area contributed by atoms with Gasteiger partial charge in [0.25, 0.3) is 0 Å². The van der Waals surface area contributed by atoms with Gasteiger partial charge in [0.1, 0.15) is 6.10 Å². The molecule has 1 atom stereocenters. The van der Waals surface area contributed by atoms with Crippen LogP contribution in [-0.4, -0.2) is 10.1 Å². The molecular weight excluding hydrogens is 174 g/mol. The first kappa shape index (κ1) is 8.91. The first-order valence-corrected chi connectivity index (χ1v) is 4.43. The summed E-state index contributed by atoms with van der Waals surface area (Å²) < 4.78 is 0. The van der Waals surface area contributed by atoms with E-state index >= 15 is 0 Å². The van der Waals surface area contributed by atoms with E-state index in [1.54, 1.807) is 24.4 Å². The number of hydrogen-bond donors (Lipinski definition) is 1. The van der Waals surface area contributed by atoms with E-state index in [0.717, 1.165) is 5.56 Å². The molecule has 0 fully saturated rings. The zero-order chi connectivity index (χ0) is 9.80. The number of pyridine rings is 1. The molecule has 0 aliphatic heterocycles. The predicted molar refractivity (Wildman–Crippen MR) is 53.6 cm³/mol. The van der Waals surface area contributed by atoms with Gasteiger partial charge in [-0.15, -0.1) is 0 Å². The molecule has 0 spiro atoms. The quantitative estimate of drug-likeness (QED) is 0.774. The molecule has 1 aromatic carbocycles. The van der Waals surface area contributed by atoms with E-state index in [1.807, 2.05) is 24.3 Å². The molecule has 14 heavy (non-hydrogen) atoms. The van der Waals surface area contributed by atoms with Crippen LogP contribution in [-0.2, 0) is 0 Å². The highest BCUT2D eigenvalue weighted by Crippen LogP contribution is 2.18. The minimum absolute atomic E-state index is 0.659. The van der Waals surface area contributed by atoms with E-state index in [1.165, 1.54) is 0 Å². The Morgan fingerprint density at radius 2 is 2.14 bits per heavy atom. The van der Waals surface area contributed by atoms with Crippen LogP contribution in [0.3, 0.4) is 0 Å². The number of benzene rings is 1. The summed E-state index contributed by atoms with van der Waals surface area (Å²) in [6, 6.07) is 15.7. The average molecular weight is 184 g/mol. The Morgan fingerprint density at radius 3 is 2.79 bits per heavy atom. The molecule has 1 radical (unpaired) electrons. The van der Waals surface area contributed by atoms with Gasteiger partial charge in [-0.05, 0) is 29.8 Å². The normalized spacial score (nSPS) is 12.4. The zero-order valence-electron chi connectivity index (χ0n) is 7.59. The van der Waals surface area contributed by atoms with Crippen LogP contribution in [0.5, 0.6) is 0 Å². The van der Waals surface area contributed by atoms with Crippen molar-refractivity contribution in [1.29, 1.82) is 0 Å².